The van der Waals surface area contributed by atoms with Crippen molar-refractivity contribution in [2.45, 2.75) is 13.0 Å². The number of methoxy groups -OCH3 is 1. The van der Waals surface area contributed by atoms with Gasteiger partial charge in [-0.2, -0.15) is 0 Å². The van der Waals surface area contributed by atoms with Gasteiger partial charge in [-0.25, -0.2) is 14.4 Å². The number of hydrogen-bond acceptors (Lipinski definition) is 3. The van der Waals surface area contributed by atoms with Crippen LogP contribution in [-0.2, 0) is 17.7 Å². The van der Waals surface area contributed by atoms with Crippen molar-refractivity contribution < 1.29 is 9.13 Å². The van der Waals surface area contributed by atoms with Crippen LogP contribution >= 0.6 is 0 Å². The molecule has 3 aromatic rings. The fourth-order valence-electron chi connectivity index (χ4n) is 2.33. The van der Waals surface area contributed by atoms with Crippen LogP contribution in [0.3, 0.4) is 0 Å². The Labute approximate surface area is 122 Å². The van der Waals surface area contributed by atoms with Gasteiger partial charge in [-0.15, -0.1) is 0 Å². The minimum absolute atomic E-state index is 0.230. The molecule has 0 bridgehead atoms. The molecule has 0 amide bonds. The first kappa shape index (κ1) is 13.7. The van der Waals surface area contributed by atoms with Gasteiger partial charge in [0.15, 0.2) is 5.65 Å². The number of hydrogen-bond donors (Lipinski definition) is 0. The number of ether oxygens (including phenoxy) is 1. The Morgan fingerprint density at radius 1 is 1.19 bits per heavy atom. The summed E-state index contributed by atoms with van der Waals surface area (Å²) in [5, 5.41) is 0. The van der Waals surface area contributed by atoms with Crippen LogP contribution in [0.2, 0.25) is 0 Å². The highest BCUT2D eigenvalue weighted by Crippen LogP contribution is 2.16. The lowest BCUT2D eigenvalue weighted by Gasteiger charge is -2.08. The third kappa shape index (κ3) is 2.92. The molecule has 2 heterocycles. The molecule has 108 valence electrons. The molecule has 0 unspecified atom stereocenters. The summed E-state index contributed by atoms with van der Waals surface area (Å²) in [7, 11) is 1.67. The van der Waals surface area contributed by atoms with Gasteiger partial charge in [0.2, 0.25) is 0 Å². The fourth-order valence-corrected chi connectivity index (χ4v) is 2.33. The molecule has 0 fully saturated rings. The number of fused-ring (bicyclic) bond motifs is 1. The number of halogens is 1. The fraction of sp³-hybridized carbons (Fsp3) is 0.250. The molecule has 0 spiro atoms. The molecule has 0 saturated heterocycles. The summed E-state index contributed by atoms with van der Waals surface area (Å²) in [4.78, 5) is 9.02. The Bertz CT molecular complexity index is 737. The first-order chi connectivity index (χ1) is 10.3. The highest BCUT2D eigenvalue weighted by Gasteiger charge is 2.11. The molecule has 0 saturated carbocycles. The van der Waals surface area contributed by atoms with Gasteiger partial charge in [0.25, 0.3) is 0 Å². The van der Waals surface area contributed by atoms with Crippen LogP contribution in [0.4, 0.5) is 4.39 Å². The van der Waals surface area contributed by atoms with Crippen LogP contribution in [0.25, 0.3) is 11.2 Å². The standard InChI is InChI=1S/C16H16FN3O/c1-21-10-8-15-19-14-3-2-9-18-16(14)20(15)11-12-4-6-13(17)7-5-12/h2-7,9H,8,10-11H2,1H3. The first-order valence-corrected chi connectivity index (χ1v) is 6.81. The molecule has 1 aromatic carbocycles. The summed E-state index contributed by atoms with van der Waals surface area (Å²) in [6.07, 6.45) is 2.47. The van der Waals surface area contributed by atoms with Gasteiger partial charge in [0, 0.05) is 19.7 Å². The smallest absolute Gasteiger partial charge is 0.160 e. The summed E-state index contributed by atoms with van der Waals surface area (Å²) in [5.74, 6) is 0.696. The predicted octanol–water partition coefficient (Wildman–Crippen LogP) is 2.81. The third-order valence-electron chi connectivity index (χ3n) is 3.37. The van der Waals surface area contributed by atoms with E-state index in [1.54, 1.807) is 25.4 Å². The van der Waals surface area contributed by atoms with Crippen molar-refractivity contribution in [1.29, 1.82) is 0 Å². The zero-order valence-corrected chi connectivity index (χ0v) is 11.8. The summed E-state index contributed by atoms with van der Waals surface area (Å²) < 4.78 is 20.2. The summed E-state index contributed by atoms with van der Waals surface area (Å²) in [5.41, 5.74) is 2.72. The van der Waals surface area contributed by atoms with Gasteiger partial charge >= 0.3 is 0 Å². The number of nitrogens with zero attached hydrogens (tertiary/aromatic N) is 3. The molecule has 3 rings (SSSR count). The van der Waals surface area contributed by atoms with Crippen LogP contribution in [0.1, 0.15) is 11.4 Å². The molecular weight excluding hydrogens is 269 g/mol. The van der Waals surface area contributed by atoms with E-state index >= 15 is 0 Å². The van der Waals surface area contributed by atoms with E-state index in [-0.39, 0.29) is 5.82 Å². The lowest BCUT2D eigenvalue weighted by molar-refractivity contribution is 0.200. The van der Waals surface area contributed by atoms with E-state index in [1.807, 2.05) is 12.1 Å². The van der Waals surface area contributed by atoms with Gasteiger partial charge in [-0.05, 0) is 29.8 Å². The molecule has 0 N–H and O–H groups in total. The second-order valence-electron chi connectivity index (χ2n) is 4.83. The zero-order chi connectivity index (χ0) is 14.7. The first-order valence-electron chi connectivity index (χ1n) is 6.81. The topological polar surface area (TPSA) is 39.9 Å². The van der Waals surface area contributed by atoms with Gasteiger partial charge in [-0.3, -0.25) is 0 Å². The van der Waals surface area contributed by atoms with Crippen molar-refractivity contribution in [3.63, 3.8) is 0 Å². The highest BCUT2D eigenvalue weighted by molar-refractivity contribution is 5.71. The molecule has 0 aliphatic rings. The Morgan fingerprint density at radius 3 is 2.76 bits per heavy atom. The molecule has 0 aliphatic heterocycles. The molecular formula is C16H16FN3O. The minimum Gasteiger partial charge on any atom is -0.384 e. The largest absolute Gasteiger partial charge is 0.384 e. The van der Waals surface area contributed by atoms with Crippen LogP contribution in [0.5, 0.6) is 0 Å². The van der Waals surface area contributed by atoms with E-state index in [0.717, 1.165) is 22.6 Å². The summed E-state index contributed by atoms with van der Waals surface area (Å²) >= 11 is 0. The lowest BCUT2D eigenvalue weighted by atomic mass is 10.2. The maximum atomic E-state index is 13.0. The van der Waals surface area contributed by atoms with Crippen LogP contribution in [-0.4, -0.2) is 28.3 Å². The van der Waals surface area contributed by atoms with E-state index in [9.17, 15) is 4.39 Å². The monoisotopic (exact) mass is 285 g/mol. The SMILES string of the molecule is COCCc1nc2cccnc2n1Cc1ccc(F)cc1. The minimum atomic E-state index is -0.230. The molecule has 21 heavy (non-hydrogen) atoms. The number of benzene rings is 1. The van der Waals surface area contributed by atoms with E-state index in [1.165, 1.54) is 12.1 Å². The van der Waals surface area contributed by atoms with Crippen molar-refractivity contribution in [1.82, 2.24) is 14.5 Å². The molecule has 2 aromatic heterocycles. The second kappa shape index (κ2) is 6.01. The zero-order valence-electron chi connectivity index (χ0n) is 11.8. The lowest BCUT2D eigenvalue weighted by Crippen LogP contribution is -2.08. The molecule has 0 radical (unpaired) electrons. The van der Waals surface area contributed by atoms with Gasteiger partial charge < -0.3 is 9.30 Å². The Hall–Kier alpha value is -2.27. The number of pyridine rings is 1. The second-order valence-corrected chi connectivity index (χ2v) is 4.83. The predicted molar refractivity (Wildman–Crippen MR) is 78.6 cm³/mol. The third-order valence-corrected chi connectivity index (χ3v) is 3.37. The van der Waals surface area contributed by atoms with Crippen molar-refractivity contribution in [2.24, 2.45) is 0 Å². The van der Waals surface area contributed by atoms with Crippen LogP contribution in [0, 0.1) is 5.82 Å². The Kier molecular flexibility index (Phi) is 3.92. The summed E-state index contributed by atoms with van der Waals surface area (Å²) in [6, 6.07) is 10.3. The van der Waals surface area contributed by atoms with Gasteiger partial charge in [0.1, 0.15) is 17.2 Å². The number of imidazole rings is 1. The van der Waals surface area contributed by atoms with Crippen molar-refractivity contribution in [3.8, 4) is 0 Å². The average molecular weight is 285 g/mol. The highest BCUT2D eigenvalue weighted by atomic mass is 19.1. The van der Waals surface area contributed by atoms with Crippen LogP contribution in [0.15, 0.2) is 42.6 Å². The van der Waals surface area contributed by atoms with Crippen molar-refractivity contribution in [2.75, 3.05) is 13.7 Å². The number of aromatic nitrogens is 3. The molecule has 0 aliphatic carbocycles. The summed E-state index contributed by atoms with van der Waals surface area (Å²) in [6.45, 7) is 1.22. The normalized spacial score (nSPS) is 11.1. The van der Waals surface area contributed by atoms with Gasteiger partial charge in [-0.1, -0.05) is 12.1 Å². The van der Waals surface area contributed by atoms with Crippen molar-refractivity contribution in [3.05, 3.63) is 59.8 Å². The quantitative estimate of drug-likeness (QED) is 0.723. The number of rotatable bonds is 5. The molecule has 0 atom stereocenters. The van der Waals surface area contributed by atoms with Crippen molar-refractivity contribution >= 4 is 11.2 Å². The van der Waals surface area contributed by atoms with Crippen LogP contribution < -0.4 is 0 Å². The average Bonchev–Trinajstić information content (AvgIpc) is 2.85. The maximum Gasteiger partial charge on any atom is 0.160 e. The van der Waals surface area contributed by atoms with E-state index in [4.69, 9.17) is 4.74 Å². The van der Waals surface area contributed by atoms with E-state index in [2.05, 4.69) is 14.5 Å². The van der Waals surface area contributed by atoms with E-state index < -0.39 is 0 Å². The Morgan fingerprint density at radius 2 is 2.00 bits per heavy atom. The van der Waals surface area contributed by atoms with Gasteiger partial charge in [0.05, 0.1) is 13.2 Å². The molecule has 5 heteroatoms. The maximum absolute atomic E-state index is 13.0. The molecule has 4 nitrogen and oxygen atoms in total. The Balaban J connectivity index is 1.99. The van der Waals surface area contributed by atoms with E-state index in [0.29, 0.717) is 19.6 Å².